The van der Waals surface area contributed by atoms with Crippen molar-refractivity contribution in [2.24, 2.45) is 0 Å². The van der Waals surface area contributed by atoms with E-state index in [9.17, 15) is 4.79 Å². The predicted molar refractivity (Wildman–Crippen MR) is 76.1 cm³/mol. The number of hydrogen-bond acceptors (Lipinski definition) is 3. The lowest BCUT2D eigenvalue weighted by atomic mass is 10.1. The van der Waals surface area contributed by atoms with E-state index in [4.69, 9.17) is 4.74 Å². The molecule has 0 bridgehead atoms. The molecule has 1 aliphatic rings. The molecule has 0 saturated carbocycles. The highest BCUT2D eigenvalue weighted by Gasteiger charge is 2.31. The number of rotatable bonds is 2. The highest BCUT2D eigenvalue weighted by atomic mass is 79.9. The number of pyridine rings is 1. The number of fused-ring (bicyclic) bond motifs is 1. The quantitative estimate of drug-likeness (QED) is 0.853. The Labute approximate surface area is 119 Å². The molecule has 98 valence electrons. The minimum absolute atomic E-state index is 0.0472. The Kier molecular flexibility index (Phi) is 3.24. The molecule has 1 aromatic heterocycles. The van der Waals surface area contributed by atoms with Gasteiger partial charge in [0.25, 0.3) is 5.91 Å². The van der Waals surface area contributed by atoms with Crippen molar-refractivity contribution in [3.8, 4) is 0 Å². The summed E-state index contributed by atoms with van der Waals surface area (Å²) < 4.78 is 6.13. The number of amides is 1. The Balaban J connectivity index is 1.89. The van der Waals surface area contributed by atoms with E-state index in [1.54, 1.807) is 18.2 Å². The second kappa shape index (κ2) is 4.90. The van der Waals surface area contributed by atoms with E-state index < -0.39 is 0 Å². The van der Waals surface area contributed by atoms with Crippen LogP contribution in [0.25, 0.3) is 10.9 Å². The summed E-state index contributed by atoms with van der Waals surface area (Å²) in [6, 6.07) is 7.46. The molecule has 1 saturated heterocycles. The van der Waals surface area contributed by atoms with Crippen molar-refractivity contribution < 1.29 is 9.53 Å². The minimum atomic E-state index is 0.0472. The van der Waals surface area contributed by atoms with Crippen molar-refractivity contribution in [3.63, 3.8) is 0 Å². The smallest absolute Gasteiger partial charge is 0.254 e. The Morgan fingerprint density at radius 2 is 2.21 bits per heavy atom. The summed E-state index contributed by atoms with van der Waals surface area (Å²) in [7, 11) is 1.67. The SMILES string of the molecule is COC1CN(C(=O)c2ccc3nccc(Br)c3c2)C1. The summed E-state index contributed by atoms with van der Waals surface area (Å²) in [4.78, 5) is 18.3. The minimum Gasteiger partial charge on any atom is -0.378 e. The van der Waals surface area contributed by atoms with Crippen LogP contribution < -0.4 is 0 Å². The Bertz CT molecular complexity index is 638. The van der Waals surface area contributed by atoms with Gasteiger partial charge in [0.1, 0.15) is 0 Å². The highest BCUT2D eigenvalue weighted by molar-refractivity contribution is 9.10. The molecule has 5 heteroatoms. The van der Waals surface area contributed by atoms with Gasteiger partial charge in [0.2, 0.25) is 0 Å². The van der Waals surface area contributed by atoms with Gasteiger partial charge in [-0.25, -0.2) is 0 Å². The maximum atomic E-state index is 12.3. The average molecular weight is 321 g/mol. The third-order valence-electron chi connectivity index (χ3n) is 3.40. The number of benzene rings is 1. The molecule has 19 heavy (non-hydrogen) atoms. The van der Waals surface area contributed by atoms with Gasteiger partial charge in [-0.05, 0) is 24.3 Å². The molecular formula is C14H13BrN2O2. The molecule has 1 fully saturated rings. The number of likely N-dealkylation sites (tertiary alicyclic amines) is 1. The summed E-state index contributed by atoms with van der Waals surface area (Å²) in [5, 5.41) is 0.956. The third kappa shape index (κ3) is 2.24. The molecule has 0 spiro atoms. The van der Waals surface area contributed by atoms with Crippen LogP contribution in [0.1, 0.15) is 10.4 Å². The number of nitrogens with zero attached hydrogens (tertiary/aromatic N) is 2. The summed E-state index contributed by atoms with van der Waals surface area (Å²) in [5.41, 5.74) is 1.57. The second-order valence-electron chi connectivity index (χ2n) is 4.59. The second-order valence-corrected chi connectivity index (χ2v) is 5.45. The van der Waals surface area contributed by atoms with E-state index in [0.29, 0.717) is 18.7 Å². The van der Waals surface area contributed by atoms with Crippen LogP contribution in [0.15, 0.2) is 34.9 Å². The molecule has 1 aliphatic heterocycles. The molecule has 1 aromatic carbocycles. The molecular weight excluding hydrogens is 308 g/mol. The lowest BCUT2D eigenvalue weighted by Crippen LogP contribution is -2.54. The maximum Gasteiger partial charge on any atom is 0.254 e. The van der Waals surface area contributed by atoms with Crippen molar-refractivity contribution >= 4 is 32.7 Å². The van der Waals surface area contributed by atoms with Crippen LogP contribution in [0.5, 0.6) is 0 Å². The van der Waals surface area contributed by atoms with Gasteiger partial charge in [-0.3, -0.25) is 9.78 Å². The zero-order valence-corrected chi connectivity index (χ0v) is 12.1. The number of halogens is 1. The van der Waals surface area contributed by atoms with Gasteiger partial charge in [-0.2, -0.15) is 0 Å². The van der Waals surface area contributed by atoms with Crippen LogP contribution in [-0.4, -0.2) is 42.1 Å². The van der Waals surface area contributed by atoms with Gasteiger partial charge in [0.15, 0.2) is 0 Å². The van der Waals surface area contributed by atoms with E-state index >= 15 is 0 Å². The van der Waals surface area contributed by atoms with Crippen molar-refractivity contribution in [3.05, 3.63) is 40.5 Å². The first-order chi connectivity index (χ1) is 9.19. The van der Waals surface area contributed by atoms with E-state index in [2.05, 4.69) is 20.9 Å². The van der Waals surface area contributed by atoms with Crippen LogP contribution >= 0.6 is 15.9 Å². The number of hydrogen-bond donors (Lipinski definition) is 0. The standard InChI is InChI=1S/C14H13BrN2O2/c1-19-10-7-17(8-10)14(18)9-2-3-13-11(6-9)12(15)4-5-16-13/h2-6,10H,7-8H2,1H3. The topological polar surface area (TPSA) is 42.4 Å². The van der Waals surface area contributed by atoms with Crippen molar-refractivity contribution in [1.29, 1.82) is 0 Å². The number of carbonyl (C=O) groups is 1. The summed E-state index contributed by atoms with van der Waals surface area (Å²) in [5.74, 6) is 0.0472. The molecule has 1 amide bonds. The Morgan fingerprint density at radius 1 is 1.42 bits per heavy atom. The maximum absolute atomic E-state index is 12.3. The largest absolute Gasteiger partial charge is 0.378 e. The lowest BCUT2D eigenvalue weighted by molar-refractivity contribution is -0.0191. The monoisotopic (exact) mass is 320 g/mol. The van der Waals surface area contributed by atoms with Gasteiger partial charge in [0.05, 0.1) is 11.6 Å². The predicted octanol–water partition coefficient (Wildman–Crippen LogP) is 2.47. The number of methoxy groups -OCH3 is 1. The Morgan fingerprint density at radius 3 is 2.95 bits per heavy atom. The molecule has 0 atom stereocenters. The number of aromatic nitrogens is 1. The van der Waals surface area contributed by atoms with Gasteiger partial charge in [-0.1, -0.05) is 15.9 Å². The fourth-order valence-electron chi connectivity index (χ4n) is 2.18. The van der Waals surface area contributed by atoms with Crippen LogP contribution in [0.2, 0.25) is 0 Å². The first-order valence-corrected chi connectivity index (χ1v) is 6.84. The zero-order valence-electron chi connectivity index (χ0n) is 10.5. The van der Waals surface area contributed by atoms with Crippen LogP contribution in [0, 0.1) is 0 Å². The van der Waals surface area contributed by atoms with E-state index in [1.807, 2.05) is 24.3 Å². The fraction of sp³-hybridized carbons (Fsp3) is 0.286. The molecule has 0 aliphatic carbocycles. The van der Waals surface area contributed by atoms with Gasteiger partial charge >= 0.3 is 0 Å². The molecule has 2 aromatic rings. The molecule has 0 N–H and O–H groups in total. The van der Waals surface area contributed by atoms with Gasteiger partial charge in [-0.15, -0.1) is 0 Å². The Hall–Kier alpha value is -1.46. The lowest BCUT2D eigenvalue weighted by Gasteiger charge is -2.38. The normalized spacial score (nSPS) is 15.6. The third-order valence-corrected chi connectivity index (χ3v) is 4.10. The molecule has 3 rings (SSSR count). The van der Waals surface area contributed by atoms with Gasteiger partial charge < -0.3 is 9.64 Å². The van der Waals surface area contributed by atoms with E-state index in [0.717, 1.165) is 15.4 Å². The zero-order chi connectivity index (χ0) is 13.4. The first-order valence-electron chi connectivity index (χ1n) is 6.05. The summed E-state index contributed by atoms with van der Waals surface area (Å²) >= 11 is 3.48. The van der Waals surface area contributed by atoms with Crippen molar-refractivity contribution in [2.45, 2.75) is 6.10 Å². The number of ether oxygens (including phenoxy) is 1. The van der Waals surface area contributed by atoms with Gasteiger partial charge in [0, 0.05) is 41.8 Å². The van der Waals surface area contributed by atoms with Crippen LogP contribution in [0.3, 0.4) is 0 Å². The van der Waals surface area contributed by atoms with Crippen LogP contribution in [-0.2, 0) is 4.74 Å². The van der Waals surface area contributed by atoms with E-state index in [-0.39, 0.29) is 12.0 Å². The molecule has 0 radical (unpaired) electrons. The van der Waals surface area contributed by atoms with E-state index in [1.165, 1.54) is 0 Å². The van der Waals surface area contributed by atoms with Crippen molar-refractivity contribution in [2.75, 3.05) is 20.2 Å². The van der Waals surface area contributed by atoms with Crippen molar-refractivity contribution in [1.82, 2.24) is 9.88 Å². The summed E-state index contributed by atoms with van der Waals surface area (Å²) in [6.07, 6.45) is 1.92. The average Bonchev–Trinajstić information content (AvgIpc) is 2.37. The molecule has 0 unspecified atom stereocenters. The molecule has 4 nitrogen and oxygen atoms in total. The first kappa shape index (κ1) is 12.6. The fourth-order valence-corrected chi connectivity index (χ4v) is 2.62. The number of carbonyl (C=O) groups excluding carboxylic acids is 1. The molecule has 2 heterocycles. The highest BCUT2D eigenvalue weighted by Crippen LogP contribution is 2.24. The van der Waals surface area contributed by atoms with Crippen LogP contribution in [0.4, 0.5) is 0 Å². The summed E-state index contributed by atoms with van der Waals surface area (Å²) in [6.45, 7) is 1.34.